The van der Waals surface area contributed by atoms with Crippen LogP contribution in [0.5, 0.6) is 0 Å². The predicted molar refractivity (Wildman–Crippen MR) is 147 cm³/mol. The van der Waals surface area contributed by atoms with Gasteiger partial charge in [0.1, 0.15) is 16.5 Å². The number of anilines is 1. The third-order valence-corrected chi connectivity index (χ3v) is 8.22. The summed E-state index contributed by atoms with van der Waals surface area (Å²) in [6.07, 6.45) is -12.8. The van der Waals surface area contributed by atoms with Crippen molar-refractivity contribution in [3.05, 3.63) is 76.1 Å². The first-order valence-corrected chi connectivity index (χ1v) is 14.9. The van der Waals surface area contributed by atoms with Crippen molar-refractivity contribution in [2.45, 2.75) is 49.2 Å². The highest BCUT2D eigenvalue weighted by Crippen LogP contribution is 2.32. The van der Waals surface area contributed by atoms with Crippen LogP contribution in [0.2, 0.25) is 0 Å². The van der Waals surface area contributed by atoms with Crippen LogP contribution in [0, 0.1) is 0 Å². The van der Waals surface area contributed by atoms with Gasteiger partial charge in [0, 0.05) is 34.6 Å². The zero-order valence-corrected chi connectivity index (χ0v) is 25.0. The number of halogens is 9. The van der Waals surface area contributed by atoms with Gasteiger partial charge in [-0.15, -0.1) is 11.3 Å². The van der Waals surface area contributed by atoms with Gasteiger partial charge in [-0.25, -0.2) is 32.9 Å². The van der Waals surface area contributed by atoms with E-state index in [4.69, 9.17) is 9.90 Å². The summed E-state index contributed by atoms with van der Waals surface area (Å²) in [7, 11) is -4.12. The molecule has 0 saturated heterocycles. The van der Waals surface area contributed by atoms with Crippen molar-refractivity contribution in [2.75, 3.05) is 11.9 Å². The molecule has 0 atom stereocenters. The number of hydrogen-bond donors (Lipinski definition) is 3. The standard InChI is InChI=1S/C24H21F6N5O2S2.C2HF3O2/c1-22(2,17-4-3-5-18(34-17)23(25,26)27)13-33-39(36,37)15-7-6-14-8-9-31-21(16(14)10-15)32-11-20-35-19(12-38-20)24(28,29)30;3-2(4,5)1(6)7/h3-10,12,33H,11,13H2,1-2H3,(H,31,32);(H,6,7). The Balaban J connectivity index is 0.000000738. The van der Waals surface area contributed by atoms with Crippen molar-refractivity contribution in [1.82, 2.24) is 19.7 Å². The van der Waals surface area contributed by atoms with Crippen molar-refractivity contribution in [3.8, 4) is 0 Å². The Kier molecular flexibility index (Phi) is 10.6. The number of pyridine rings is 2. The normalized spacial score (nSPS) is 12.8. The summed E-state index contributed by atoms with van der Waals surface area (Å²) in [5.41, 5.74) is -3.10. The summed E-state index contributed by atoms with van der Waals surface area (Å²) < 4.78 is 138. The Labute approximate surface area is 258 Å². The lowest BCUT2D eigenvalue weighted by atomic mass is 9.89. The molecule has 20 heteroatoms. The molecule has 0 fully saturated rings. The number of thiazole rings is 1. The topological polar surface area (TPSA) is 134 Å². The second-order valence-corrected chi connectivity index (χ2v) is 12.6. The van der Waals surface area contributed by atoms with Gasteiger partial charge in [0.2, 0.25) is 10.0 Å². The minimum absolute atomic E-state index is 0.0603. The molecule has 250 valence electrons. The molecule has 0 aliphatic rings. The van der Waals surface area contributed by atoms with Crippen molar-refractivity contribution < 1.29 is 57.8 Å². The summed E-state index contributed by atoms with van der Waals surface area (Å²) in [4.78, 5) is 20.2. The first-order valence-electron chi connectivity index (χ1n) is 12.5. The van der Waals surface area contributed by atoms with Gasteiger partial charge in [0.25, 0.3) is 0 Å². The van der Waals surface area contributed by atoms with Gasteiger partial charge >= 0.3 is 24.5 Å². The lowest BCUT2D eigenvalue weighted by molar-refractivity contribution is -0.192. The number of nitrogens with one attached hydrogen (secondary N) is 2. The van der Waals surface area contributed by atoms with E-state index in [0.29, 0.717) is 10.8 Å². The highest BCUT2D eigenvalue weighted by atomic mass is 32.2. The summed E-state index contributed by atoms with van der Waals surface area (Å²) >= 11 is 0.823. The van der Waals surface area contributed by atoms with Crippen LogP contribution in [0.4, 0.5) is 45.3 Å². The third-order valence-electron chi connectivity index (χ3n) is 5.98. The number of carboxylic acid groups (broad SMARTS) is 1. The molecule has 0 amide bonds. The van der Waals surface area contributed by atoms with E-state index in [9.17, 15) is 47.9 Å². The number of hydrogen-bond acceptors (Lipinski definition) is 8. The molecule has 4 rings (SSSR count). The molecule has 0 radical (unpaired) electrons. The van der Waals surface area contributed by atoms with Gasteiger partial charge in [-0.3, -0.25) is 0 Å². The average molecular weight is 704 g/mol. The fourth-order valence-electron chi connectivity index (χ4n) is 3.56. The Hall–Kier alpha value is -4.04. The van der Waals surface area contributed by atoms with Gasteiger partial charge in [-0.2, -0.15) is 39.5 Å². The maximum atomic E-state index is 13.1. The predicted octanol–water partition coefficient (Wildman–Crippen LogP) is 6.63. The van der Waals surface area contributed by atoms with Crippen LogP contribution >= 0.6 is 11.3 Å². The lowest BCUT2D eigenvalue weighted by Gasteiger charge is -2.25. The van der Waals surface area contributed by atoms with E-state index < -0.39 is 51.3 Å². The first-order chi connectivity index (χ1) is 21.0. The van der Waals surface area contributed by atoms with E-state index in [2.05, 4.69) is 25.0 Å². The molecule has 9 nitrogen and oxygen atoms in total. The van der Waals surface area contributed by atoms with E-state index in [-0.39, 0.29) is 34.5 Å². The van der Waals surface area contributed by atoms with E-state index >= 15 is 0 Å². The number of alkyl halides is 9. The van der Waals surface area contributed by atoms with Crippen LogP contribution in [-0.4, -0.2) is 47.2 Å². The number of nitrogens with zero attached hydrogens (tertiary/aromatic N) is 3. The van der Waals surface area contributed by atoms with Crippen molar-refractivity contribution in [1.29, 1.82) is 0 Å². The van der Waals surface area contributed by atoms with Gasteiger partial charge < -0.3 is 10.4 Å². The van der Waals surface area contributed by atoms with E-state index in [0.717, 1.165) is 22.8 Å². The maximum absolute atomic E-state index is 13.1. The van der Waals surface area contributed by atoms with Crippen LogP contribution in [0.15, 0.2) is 58.9 Å². The van der Waals surface area contributed by atoms with Crippen molar-refractivity contribution >= 4 is 43.9 Å². The summed E-state index contributed by atoms with van der Waals surface area (Å²) in [6, 6.07) is 9.33. The van der Waals surface area contributed by atoms with E-state index in [1.807, 2.05) is 0 Å². The maximum Gasteiger partial charge on any atom is 0.490 e. The molecule has 4 aromatic rings. The average Bonchev–Trinajstić information content (AvgIpc) is 3.44. The molecule has 0 aliphatic carbocycles. The quantitative estimate of drug-likeness (QED) is 0.174. The van der Waals surface area contributed by atoms with E-state index in [1.54, 1.807) is 26.0 Å². The highest BCUT2D eigenvalue weighted by molar-refractivity contribution is 7.89. The zero-order chi connectivity index (χ0) is 34.7. The Bertz CT molecular complexity index is 1810. The molecule has 3 heterocycles. The Morgan fingerprint density at radius 1 is 0.891 bits per heavy atom. The smallest absolute Gasteiger partial charge is 0.475 e. The largest absolute Gasteiger partial charge is 0.490 e. The SMILES string of the molecule is CC(C)(CNS(=O)(=O)c1ccc2ccnc(NCc3nc(C(F)(F)F)cs3)c2c1)c1cccc(C(F)(F)F)n1.O=C(O)C(F)(F)F. The minimum atomic E-state index is -5.08. The van der Waals surface area contributed by atoms with E-state index in [1.165, 1.54) is 30.5 Å². The number of aliphatic carboxylic acids is 1. The molecule has 0 bridgehead atoms. The summed E-state index contributed by atoms with van der Waals surface area (Å²) in [6.45, 7) is 2.81. The molecule has 0 spiro atoms. The van der Waals surface area contributed by atoms with Crippen LogP contribution < -0.4 is 10.0 Å². The monoisotopic (exact) mass is 703 g/mol. The summed E-state index contributed by atoms with van der Waals surface area (Å²) in [5.74, 6) is -2.52. The van der Waals surface area contributed by atoms with Gasteiger partial charge in [-0.1, -0.05) is 26.0 Å². The van der Waals surface area contributed by atoms with Crippen LogP contribution in [0.3, 0.4) is 0 Å². The molecule has 3 aromatic heterocycles. The molecule has 1 aromatic carbocycles. The van der Waals surface area contributed by atoms with Gasteiger partial charge in [0.15, 0.2) is 5.69 Å². The zero-order valence-electron chi connectivity index (χ0n) is 23.3. The number of aromatic nitrogens is 3. The molecule has 3 N–H and O–H groups in total. The van der Waals surface area contributed by atoms with Crippen LogP contribution in [0.1, 0.15) is 35.9 Å². The molecular formula is C26H22F9N5O4S2. The molecule has 46 heavy (non-hydrogen) atoms. The third kappa shape index (κ3) is 9.49. The number of carbonyl (C=O) groups is 1. The van der Waals surface area contributed by atoms with Gasteiger partial charge in [-0.05, 0) is 35.7 Å². The summed E-state index contributed by atoms with van der Waals surface area (Å²) in [5, 5.41) is 12.1. The Morgan fingerprint density at radius 2 is 1.50 bits per heavy atom. The molecule has 0 aliphatic heterocycles. The molecule has 0 unspecified atom stereocenters. The highest BCUT2D eigenvalue weighted by Gasteiger charge is 2.38. The number of benzene rings is 1. The number of carboxylic acids is 1. The fraction of sp³-hybridized carbons (Fsp3) is 0.308. The lowest BCUT2D eigenvalue weighted by Crippen LogP contribution is -2.37. The minimum Gasteiger partial charge on any atom is -0.475 e. The second-order valence-electron chi connectivity index (χ2n) is 9.94. The van der Waals surface area contributed by atoms with Crippen LogP contribution in [0.25, 0.3) is 10.8 Å². The Morgan fingerprint density at radius 3 is 2.07 bits per heavy atom. The van der Waals surface area contributed by atoms with Crippen LogP contribution in [-0.2, 0) is 39.1 Å². The molecule has 0 saturated carbocycles. The number of rotatable bonds is 8. The number of sulfonamides is 1. The molecular weight excluding hydrogens is 681 g/mol. The second kappa shape index (κ2) is 13.4. The first kappa shape index (κ1) is 36.4. The fourth-order valence-corrected chi connectivity index (χ4v) is 5.53. The van der Waals surface area contributed by atoms with Gasteiger partial charge in [0.05, 0.1) is 11.4 Å². The van der Waals surface area contributed by atoms with Crippen molar-refractivity contribution in [2.24, 2.45) is 0 Å². The number of fused-ring (bicyclic) bond motifs is 1. The van der Waals surface area contributed by atoms with Crippen molar-refractivity contribution in [3.63, 3.8) is 0 Å².